The third-order valence-electron chi connectivity index (χ3n) is 5.42. The molecule has 0 spiro atoms. The highest BCUT2D eigenvalue weighted by molar-refractivity contribution is 5.97. The van der Waals surface area contributed by atoms with Crippen LogP contribution in [0.2, 0.25) is 0 Å². The van der Waals surface area contributed by atoms with Gasteiger partial charge >= 0.3 is 18.3 Å². The largest absolute Gasteiger partial charge is 0.471 e. The summed E-state index contributed by atoms with van der Waals surface area (Å²) in [6.45, 7) is 1.55. The topological polar surface area (TPSA) is 89.8 Å². The summed E-state index contributed by atoms with van der Waals surface area (Å²) < 4.78 is 80.9. The van der Waals surface area contributed by atoms with Crippen LogP contribution in [0.25, 0.3) is 22.4 Å². The van der Waals surface area contributed by atoms with Crippen LogP contribution in [-0.4, -0.2) is 31.6 Å². The normalized spacial score (nSPS) is 12.9. The van der Waals surface area contributed by atoms with Gasteiger partial charge in [-0.05, 0) is 37.1 Å². The number of pyridine rings is 2. The molecular formula is C24H17F6N5O2. The smallest absolute Gasteiger partial charge is 0.316 e. The fourth-order valence-electron chi connectivity index (χ4n) is 3.86. The van der Waals surface area contributed by atoms with Crippen molar-refractivity contribution >= 4 is 22.5 Å². The maximum Gasteiger partial charge on any atom is 0.471 e. The van der Waals surface area contributed by atoms with Crippen molar-refractivity contribution in [2.24, 2.45) is 0 Å². The minimum Gasteiger partial charge on any atom is -0.316 e. The van der Waals surface area contributed by atoms with Crippen molar-refractivity contribution in [3.63, 3.8) is 0 Å². The van der Waals surface area contributed by atoms with Crippen LogP contribution in [0.4, 0.5) is 32.0 Å². The maximum atomic E-state index is 13.7. The van der Waals surface area contributed by atoms with Crippen molar-refractivity contribution in [3.8, 4) is 11.5 Å². The van der Waals surface area contributed by atoms with E-state index in [4.69, 9.17) is 0 Å². The fourth-order valence-corrected chi connectivity index (χ4v) is 3.86. The molecule has 1 amide bonds. The molecule has 0 saturated heterocycles. The number of carbonyl (C=O) groups is 1. The first kappa shape index (κ1) is 25.8. The van der Waals surface area contributed by atoms with E-state index in [-0.39, 0.29) is 23.5 Å². The van der Waals surface area contributed by atoms with E-state index in [1.54, 1.807) is 42.6 Å². The number of hydrogen-bond acceptors (Lipinski definition) is 5. The second-order valence-corrected chi connectivity index (χ2v) is 8.05. The Morgan fingerprint density at radius 3 is 2.32 bits per heavy atom. The van der Waals surface area contributed by atoms with Crippen molar-refractivity contribution in [1.29, 1.82) is 0 Å². The molecule has 13 heteroatoms. The summed E-state index contributed by atoms with van der Waals surface area (Å²) in [6.07, 6.45) is -8.02. The van der Waals surface area contributed by atoms with E-state index >= 15 is 0 Å². The Bertz CT molecular complexity index is 1520. The molecule has 0 aliphatic rings. The molecule has 0 fully saturated rings. The number of amides is 1. The van der Waals surface area contributed by atoms with Gasteiger partial charge in [0.25, 0.3) is 5.56 Å². The number of fused-ring (bicyclic) bond motifs is 1. The van der Waals surface area contributed by atoms with Gasteiger partial charge in [0.1, 0.15) is 5.69 Å². The zero-order valence-electron chi connectivity index (χ0n) is 18.9. The fraction of sp³-hybridized carbons (Fsp3) is 0.208. The van der Waals surface area contributed by atoms with Crippen molar-refractivity contribution in [1.82, 2.24) is 19.5 Å². The molecule has 192 valence electrons. The van der Waals surface area contributed by atoms with Crippen molar-refractivity contribution < 1.29 is 31.1 Å². The van der Waals surface area contributed by atoms with Crippen molar-refractivity contribution in [2.75, 3.05) is 5.32 Å². The Morgan fingerprint density at radius 1 is 0.973 bits per heavy atom. The third-order valence-corrected chi connectivity index (χ3v) is 5.42. The summed E-state index contributed by atoms with van der Waals surface area (Å²) in [5.41, 5.74) is -2.96. The van der Waals surface area contributed by atoms with Crippen molar-refractivity contribution in [3.05, 3.63) is 82.5 Å². The van der Waals surface area contributed by atoms with Crippen LogP contribution in [0.5, 0.6) is 0 Å². The average molecular weight is 521 g/mol. The van der Waals surface area contributed by atoms with Gasteiger partial charge < -0.3 is 5.32 Å². The number of nitrogens with zero attached hydrogens (tertiary/aromatic N) is 4. The Morgan fingerprint density at radius 2 is 1.68 bits per heavy atom. The van der Waals surface area contributed by atoms with Gasteiger partial charge in [0.15, 0.2) is 11.5 Å². The second kappa shape index (κ2) is 9.64. The van der Waals surface area contributed by atoms with Crippen LogP contribution in [0.1, 0.15) is 24.2 Å². The summed E-state index contributed by atoms with van der Waals surface area (Å²) >= 11 is 0. The lowest BCUT2D eigenvalue weighted by Crippen LogP contribution is -2.32. The van der Waals surface area contributed by atoms with Gasteiger partial charge in [-0.1, -0.05) is 30.3 Å². The molecule has 0 radical (unpaired) electrons. The van der Waals surface area contributed by atoms with Crippen LogP contribution in [0.15, 0.2) is 65.7 Å². The zero-order chi connectivity index (χ0) is 27.0. The Labute approximate surface area is 204 Å². The molecule has 1 atom stereocenters. The van der Waals surface area contributed by atoms with Crippen LogP contribution < -0.4 is 10.9 Å². The van der Waals surface area contributed by atoms with E-state index < -0.39 is 46.6 Å². The molecular weight excluding hydrogens is 504 g/mol. The molecule has 7 nitrogen and oxygen atoms in total. The summed E-state index contributed by atoms with van der Waals surface area (Å²) in [6, 6.07) is 11.3. The highest BCUT2D eigenvalue weighted by atomic mass is 19.4. The standard InChI is InChI=1S/C24H17F6N5O2/c1-13(12-14-6-3-2-4-7-14)35-20(18-16(8-5-10-31-18)34-22(37)24(28,29)30)33-15-9-11-32-19(23(25,26)27)17(15)21(35)36/h2-11,13H,12H2,1H3,(H,34,37)/t13-/m1/s1. The second-order valence-electron chi connectivity index (χ2n) is 8.05. The first-order valence-electron chi connectivity index (χ1n) is 10.7. The quantitative estimate of drug-likeness (QED) is 0.366. The van der Waals surface area contributed by atoms with Gasteiger partial charge in [0, 0.05) is 18.4 Å². The molecule has 37 heavy (non-hydrogen) atoms. The lowest BCUT2D eigenvalue weighted by atomic mass is 10.1. The summed E-state index contributed by atoms with van der Waals surface area (Å²) in [4.78, 5) is 36.8. The number of carbonyl (C=O) groups excluding carboxylic acids is 1. The van der Waals surface area contributed by atoms with Gasteiger partial charge in [0.2, 0.25) is 0 Å². The zero-order valence-corrected chi connectivity index (χ0v) is 18.9. The van der Waals surface area contributed by atoms with E-state index in [0.717, 1.165) is 28.5 Å². The Hall–Kier alpha value is -4.29. The number of benzene rings is 1. The monoisotopic (exact) mass is 521 g/mol. The van der Waals surface area contributed by atoms with Crippen LogP contribution in [0, 0.1) is 0 Å². The number of anilines is 1. The molecule has 0 aliphatic carbocycles. The Balaban J connectivity index is 2.00. The van der Waals surface area contributed by atoms with Gasteiger partial charge in [-0.2, -0.15) is 26.3 Å². The summed E-state index contributed by atoms with van der Waals surface area (Å²) in [5.74, 6) is -2.62. The van der Waals surface area contributed by atoms with E-state index in [0.29, 0.717) is 0 Å². The Kier molecular flexibility index (Phi) is 6.72. The first-order chi connectivity index (χ1) is 17.4. The summed E-state index contributed by atoms with van der Waals surface area (Å²) in [7, 11) is 0. The highest BCUT2D eigenvalue weighted by Gasteiger charge is 2.40. The molecule has 1 aromatic carbocycles. The number of rotatable bonds is 5. The molecule has 1 N–H and O–H groups in total. The molecule has 0 saturated carbocycles. The van der Waals surface area contributed by atoms with E-state index in [1.165, 1.54) is 12.3 Å². The molecule has 0 unspecified atom stereocenters. The number of aromatic nitrogens is 4. The number of alkyl halides is 6. The van der Waals surface area contributed by atoms with Crippen LogP contribution >= 0.6 is 0 Å². The van der Waals surface area contributed by atoms with E-state index in [1.807, 2.05) is 0 Å². The van der Waals surface area contributed by atoms with E-state index in [2.05, 4.69) is 15.0 Å². The highest BCUT2D eigenvalue weighted by Crippen LogP contribution is 2.34. The molecule has 4 rings (SSSR count). The molecule has 3 heterocycles. The SMILES string of the molecule is C[C@H](Cc1ccccc1)n1c(-c2ncccc2NC(=O)C(F)(F)F)nc2ccnc(C(F)(F)F)c2c1=O. The number of halogens is 6. The maximum absolute atomic E-state index is 13.7. The van der Waals surface area contributed by atoms with E-state index in [9.17, 15) is 35.9 Å². The molecule has 3 aromatic heterocycles. The molecule has 0 aliphatic heterocycles. The number of hydrogen-bond donors (Lipinski definition) is 1. The van der Waals surface area contributed by atoms with Gasteiger partial charge in [-0.25, -0.2) is 4.98 Å². The first-order valence-corrected chi connectivity index (χ1v) is 10.7. The summed E-state index contributed by atoms with van der Waals surface area (Å²) in [5, 5.41) is 0.898. The van der Waals surface area contributed by atoms with Gasteiger partial charge in [-0.3, -0.25) is 24.1 Å². The number of nitrogens with one attached hydrogen (secondary N) is 1. The predicted octanol–water partition coefficient (Wildman–Crippen LogP) is 5.18. The van der Waals surface area contributed by atoms with Gasteiger partial charge in [-0.15, -0.1) is 0 Å². The molecule has 4 aromatic rings. The molecule has 0 bridgehead atoms. The van der Waals surface area contributed by atoms with Gasteiger partial charge in [0.05, 0.1) is 16.6 Å². The van der Waals surface area contributed by atoms with Crippen molar-refractivity contribution in [2.45, 2.75) is 31.7 Å². The predicted molar refractivity (Wildman–Crippen MR) is 122 cm³/mol. The van der Waals surface area contributed by atoms with Crippen LogP contribution in [0.3, 0.4) is 0 Å². The minimum atomic E-state index is -5.22. The lowest BCUT2D eigenvalue weighted by Gasteiger charge is -2.22. The minimum absolute atomic E-state index is 0.166. The third kappa shape index (κ3) is 5.29. The van der Waals surface area contributed by atoms with Crippen LogP contribution in [-0.2, 0) is 17.4 Å². The average Bonchev–Trinajstić information content (AvgIpc) is 2.83. The lowest BCUT2D eigenvalue weighted by molar-refractivity contribution is -0.167.